The van der Waals surface area contributed by atoms with E-state index in [1.807, 2.05) is 0 Å². The monoisotopic (exact) mass is 218 g/mol. The first-order valence-corrected chi connectivity index (χ1v) is 5.83. The van der Waals surface area contributed by atoms with E-state index in [2.05, 4.69) is 24.1 Å². The Kier molecular flexibility index (Phi) is 10.3. The molecule has 2 N–H and O–H groups in total. The van der Waals surface area contributed by atoms with Gasteiger partial charge in [-0.25, -0.2) is 0 Å². The Hall–Kier alpha value is -0.160. The van der Waals surface area contributed by atoms with Crippen LogP contribution in [0.3, 0.4) is 0 Å². The number of ether oxygens (including phenoxy) is 1. The van der Waals surface area contributed by atoms with Crippen LogP contribution in [0.2, 0.25) is 0 Å². The van der Waals surface area contributed by atoms with E-state index < -0.39 is 0 Å². The summed E-state index contributed by atoms with van der Waals surface area (Å²) in [7, 11) is 1.73. The second kappa shape index (κ2) is 10.4. The molecule has 1 unspecified atom stereocenters. The van der Waals surface area contributed by atoms with Crippen molar-refractivity contribution in [2.75, 3.05) is 46.5 Å². The lowest BCUT2D eigenvalue weighted by Crippen LogP contribution is -2.37. The third-order valence-electron chi connectivity index (χ3n) is 2.57. The van der Waals surface area contributed by atoms with E-state index in [9.17, 15) is 0 Å². The zero-order valence-electron chi connectivity index (χ0n) is 10.3. The molecule has 0 amide bonds. The highest BCUT2D eigenvalue weighted by Crippen LogP contribution is 1.96. The Bertz CT molecular complexity index is 134. The molecule has 0 aliphatic carbocycles. The number of nitrogens with zero attached hydrogens (tertiary/aromatic N) is 1. The Morgan fingerprint density at radius 2 is 2.07 bits per heavy atom. The molecule has 0 fully saturated rings. The molecule has 0 rings (SSSR count). The molecule has 0 spiro atoms. The van der Waals surface area contributed by atoms with Crippen LogP contribution in [-0.2, 0) is 4.74 Å². The number of aliphatic hydroxyl groups is 1. The SMILES string of the molecule is CCNC(CO)CCN(CC)CCOC. The summed E-state index contributed by atoms with van der Waals surface area (Å²) in [6.07, 6.45) is 0.988. The van der Waals surface area contributed by atoms with E-state index in [4.69, 9.17) is 9.84 Å². The van der Waals surface area contributed by atoms with Crippen LogP contribution in [0.25, 0.3) is 0 Å². The topological polar surface area (TPSA) is 44.7 Å². The molecular formula is C11H26N2O2. The van der Waals surface area contributed by atoms with E-state index in [-0.39, 0.29) is 12.6 Å². The fourth-order valence-electron chi connectivity index (χ4n) is 1.53. The summed E-state index contributed by atoms with van der Waals surface area (Å²) in [6.45, 7) is 9.13. The minimum atomic E-state index is 0.218. The van der Waals surface area contributed by atoms with Crippen molar-refractivity contribution in [3.8, 4) is 0 Å². The maximum Gasteiger partial charge on any atom is 0.0589 e. The van der Waals surface area contributed by atoms with Gasteiger partial charge in [0.15, 0.2) is 0 Å². The highest BCUT2D eigenvalue weighted by molar-refractivity contribution is 4.67. The van der Waals surface area contributed by atoms with Crippen molar-refractivity contribution < 1.29 is 9.84 Å². The first-order valence-electron chi connectivity index (χ1n) is 5.83. The van der Waals surface area contributed by atoms with Crippen LogP contribution in [0.1, 0.15) is 20.3 Å². The van der Waals surface area contributed by atoms with Crippen LogP contribution in [0, 0.1) is 0 Å². The molecule has 92 valence electrons. The number of aliphatic hydroxyl groups excluding tert-OH is 1. The zero-order chi connectivity index (χ0) is 11.5. The lowest BCUT2D eigenvalue weighted by Gasteiger charge is -2.23. The van der Waals surface area contributed by atoms with Crippen LogP contribution in [0.5, 0.6) is 0 Å². The zero-order valence-corrected chi connectivity index (χ0v) is 10.3. The maximum atomic E-state index is 9.11. The van der Waals surface area contributed by atoms with Gasteiger partial charge in [0.2, 0.25) is 0 Å². The van der Waals surface area contributed by atoms with Gasteiger partial charge < -0.3 is 20.1 Å². The summed E-state index contributed by atoms with van der Waals surface area (Å²) in [4.78, 5) is 2.34. The van der Waals surface area contributed by atoms with Gasteiger partial charge in [0.1, 0.15) is 0 Å². The van der Waals surface area contributed by atoms with Gasteiger partial charge in [-0.2, -0.15) is 0 Å². The molecule has 1 atom stereocenters. The minimum absolute atomic E-state index is 0.218. The lowest BCUT2D eigenvalue weighted by atomic mass is 10.2. The Morgan fingerprint density at radius 1 is 1.33 bits per heavy atom. The summed E-state index contributed by atoms with van der Waals surface area (Å²) >= 11 is 0. The van der Waals surface area contributed by atoms with Crippen LogP contribution in [-0.4, -0.2) is 62.6 Å². The Morgan fingerprint density at radius 3 is 2.53 bits per heavy atom. The molecule has 0 aromatic heterocycles. The molecule has 0 aromatic rings. The summed E-state index contributed by atoms with van der Waals surface area (Å²) in [5.41, 5.74) is 0. The van der Waals surface area contributed by atoms with Crippen molar-refractivity contribution in [3.63, 3.8) is 0 Å². The largest absolute Gasteiger partial charge is 0.395 e. The average Bonchev–Trinajstić information content (AvgIpc) is 2.27. The van der Waals surface area contributed by atoms with E-state index in [0.29, 0.717) is 0 Å². The molecule has 0 saturated heterocycles. The van der Waals surface area contributed by atoms with E-state index in [0.717, 1.165) is 39.2 Å². The fraction of sp³-hybridized carbons (Fsp3) is 1.00. The van der Waals surface area contributed by atoms with Crippen molar-refractivity contribution in [1.29, 1.82) is 0 Å². The molecule has 0 radical (unpaired) electrons. The van der Waals surface area contributed by atoms with Crippen molar-refractivity contribution in [2.45, 2.75) is 26.3 Å². The number of likely N-dealkylation sites (N-methyl/N-ethyl adjacent to an activating group) is 2. The second-order valence-electron chi connectivity index (χ2n) is 3.65. The third-order valence-corrected chi connectivity index (χ3v) is 2.57. The average molecular weight is 218 g/mol. The first kappa shape index (κ1) is 14.8. The van der Waals surface area contributed by atoms with Crippen molar-refractivity contribution in [1.82, 2.24) is 10.2 Å². The van der Waals surface area contributed by atoms with Crippen molar-refractivity contribution in [3.05, 3.63) is 0 Å². The van der Waals surface area contributed by atoms with Crippen LogP contribution in [0.4, 0.5) is 0 Å². The van der Waals surface area contributed by atoms with Crippen molar-refractivity contribution >= 4 is 0 Å². The number of hydrogen-bond donors (Lipinski definition) is 2. The van der Waals surface area contributed by atoms with Gasteiger partial charge in [-0.15, -0.1) is 0 Å². The van der Waals surface area contributed by atoms with Crippen LogP contribution >= 0.6 is 0 Å². The molecular weight excluding hydrogens is 192 g/mol. The minimum Gasteiger partial charge on any atom is -0.395 e. The van der Waals surface area contributed by atoms with E-state index in [1.54, 1.807) is 7.11 Å². The predicted molar refractivity (Wildman–Crippen MR) is 63.2 cm³/mol. The van der Waals surface area contributed by atoms with Gasteiger partial charge in [-0.3, -0.25) is 0 Å². The molecule has 0 aliphatic heterocycles. The number of methoxy groups -OCH3 is 1. The van der Waals surface area contributed by atoms with Crippen LogP contribution in [0.15, 0.2) is 0 Å². The molecule has 0 aromatic carbocycles. The molecule has 15 heavy (non-hydrogen) atoms. The van der Waals surface area contributed by atoms with E-state index >= 15 is 0 Å². The number of hydrogen-bond acceptors (Lipinski definition) is 4. The van der Waals surface area contributed by atoms with Gasteiger partial charge in [0.25, 0.3) is 0 Å². The normalized spacial score (nSPS) is 13.4. The highest BCUT2D eigenvalue weighted by Gasteiger charge is 2.08. The van der Waals surface area contributed by atoms with Crippen LogP contribution < -0.4 is 5.32 Å². The fourth-order valence-corrected chi connectivity index (χ4v) is 1.53. The van der Waals surface area contributed by atoms with E-state index in [1.165, 1.54) is 0 Å². The standard InChI is InChI=1S/C11H26N2O2/c1-4-12-11(10-14)6-7-13(5-2)8-9-15-3/h11-12,14H,4-10H2,1-3H3. The number of rotatable bonds is 10. The Balaban J connectivity index is 3.66. The predicted octanol–water partition coefficient (Wildman–Crippen LogP) is 0.315. The van der Waals surface area contributed by atoms with Gasteiger partial charge >= 0.3 is 0 Å². The summed E-state index contributed by atoms with van der Waals surface area (Å²) in [6, 6.07) is 0.228. The Labute approximate surface area is 93.6 Å². The quantitative estimate of drug-likeness (QED) is 0.554. The van der Waals surface area contributed by atoms with Gasteiger partial charge in [0, 0.05) is 19.7 Å². The van der Waals surface area contributed by atoms with Gasteiger partial charge in [0.05, 0.1) is 13.2 Å². The van der Waals surface area contributed by atoms with Gasteiger partial charge in [-0.1, -0.05) is 13.8 Å². The third kappa shape index (κ3) is 7.73. The summed E-state index contributed by atoms with van der Waals surface area (Å²) in [5, 5.41) is 12.4. The molecule has 4 heteroatoms. The highest BCUT2D eigenvalue weighted by atomic mass is 16.5. The molecule has 0 bridgehead atoms. The molecule has 4 nitrogen and oxygen atoms in total. The molecule has 0 heterocycles. The summed E-state index contributed by atoms with van der Waals surface area (Å²) in [5.74, 6) is 0. The molecule has 0 aliphatic rings. The maximum absolute atomic E-state index is 9.11. The lowest BCUT2D eigenvalue weighted by molar-refractivity contribution is 0.143. The van der Waals surface area contributed by atoms with Gasteiger partial charge in [-0.05, 0) is 26.1 Å². The molecule has 0 saturated carbocycles. The second-order valence-corrected chi connectivity index (χ2v) is 3.65. The smallest absolute Gasteiger partial charge is 0.0589 e. The van der Waals surface area contributed by atoms with Crippen molar-refractivity contribution in [2.24, 2.45) is 0 Å². The number of nitrogens with one attached hydrogen (secondary N) is 1. The summed E-state index contributed by atoms with van der Waals surface area (Å²) < 4.78 is 5.05. The first-order chi connectivity index (χ1) is 7.28.